The molecule has 1 aromatic rings. The summed E-state index contributed by atoms with van der Waals surface area (Å²) in [6.07, 6.45) is 16.4. The first-order valence-electron chi connectivity index (χ1n) is 8.95. The Morgan fingerprint density at radius 1 is 0.864 bits per heavy atom. The topological polar surface area (TPSA) is 17.1 Å². The Morgan fingerprint density at radius 2 is 1.41 bits per heavy atom. The van der Waals surface area contributed by atoms with Gasteiger partial charge in [0.2, 0.25) is 5.12 Å². The van der Waals surface area contributed by atoms with Gasteiger partial charge in [0.05, 0.1) is 0 Å². The molecule has 1 aromatic carbocycles. The SMILES string of the molecule is CS(C)(C(=O)c1ccc(C2CCCCC2)cc1)C1CCCC1. The number of benzene rings is 1. The Balaban J connectivity index is 1.72. The molecule has 1 nitrogen and oxygen atoms in total. The zero-order valence-corrected chi connectivity index (χ0v) is 15.0. The fourth-order valence-corrected chi connectivity index (χ4v) is 6.82. The molecule has 22 heavy (non-hydrogen) atoms. The molecular formula is C20H30OS. The predicted molar refractivity (Wildman–Crippen MR) is 98.3 cm³/mol. The van der Waals surface area contributed by atoms with E-state index in [9.17, 15) is 4.79 Å². The molecule has 2 aliphatic carbocycles. The molecular weight excluding hydrogens is 288 g/mol. The average molecular weight is 319 g/mol. The molecule has 2 saturated carbocycles. The zero-order valence-electron chi connectivity index (χ0n) is 14.1. The van der Waals surface area contributed by atoms with Crippen LogP contribution in [0.15, 0.2) is 24.3 Å². The quantitative estimate of drug-likeness (QED) is 0.680. The van der Waals surface area contributed by atoms with Crippen LogP contribution in [0.3, 0.4) is 0 Å². The van der Waals surface area contributed by atoms with Gasteiger partial charge < -0.3 is 0 Å². The van der Waals surface area contributed by atoms with Gasteiger partial charge in [-0.15, -0.1) is 0 Å². The van der Waals surface area contributed by atoms with Crippen LogP contribution in [0.4, 0.5) is 0 Å². The fraction of sp³-hybridized carbons (Fsp3) is 0.650. The van der Waals surface area contributed by atoms with E-state index < -0.39 is 10.0 Å². The minimum Gasteiger partial charge on any atom is -0.283 e. The van der Waals surface area contributed by atoms with Gasteiger partial charge in [0.15, 0.2) is 0 Å². The molecule has 0 unspecified atom stereocenters. The summed E-state index contributed by atoms with van der Waals surface area (Å²) in [6, 6.07) is 8.67. The Kier molecular flexibility index (Phi) is 4.97. The molecule has 0 amide bonds. The third-order valence-electron chi connectivity index (χ3n) is 5.84. The highest BCUT2D eigenvalue weighted by Gasteiger charge is 2.34. The Morgan fingerprint density at radius 3 is 2.00 bits per heavy atom. The standard InChI is InChI=1S/C20H30OS/c1-22(2,19-10-6-7-11-19)20(21)18-14-12-17(13-15-18)16-8-4-3-5-9-16/h12-16,19H,3-11H2,1-2H3. The van der Waals surface area contributed by atoms with Crippen molar-refractivity contribution < 1.29 is 4.79 Å². The summed E-state index contributed by atoms with van der Waals surface area (Å²) in [4.78, 5) is 13.0. The van der Waals surface area contributed by atoms with Crippen molar-refractivity contribution in [1.82, 2.24) is 0 Å². The van der Waals surface area contributed by atoms with E-state index in [2.05, 4.69) is 36.8 Å². The van der Waals surface area contributed by atoms with E-state index in [4.69, 9.17) is 0 Å². The van der Waals surface area contributed by atoms with Gasteiger partial charge in [-0.25, -0.2) is 0 Å². The first-order chi connectivity index (χ1) is 10.6. The number of carbonyl (C=O) groups is 1. The van der Waals surface area contributed by atoms with Crippen molar-refractivity contribution in [3.8, 4) is 0 Å². The van der Waals surface area contributed by atoms with Crippen LogP contribution in [0, 0.1) is 0 Å². The van der Waals surface area contributed by atoms with Gasteiger partial charge in [-0.3, -0.25) is 4.79 Å². The second kappa shape index (κ2) is 6.78. The van der Waals surface area contributed by atoms with Crippen molar-refractivity contribution in [1.29, 1.82) is 0 Å². The number of hydrogen-bond acceptors (Lipinski definition) is 1. The second-order valence-corrected chi connectivity index (χ2v) is 11.4. The van der Waals surface area contributed by atoms with Crippen molar-refractivity contribution >= 4 is 15.1 Å². The van der Waals surface area contributed by atoms with E-state index in [0.717, 1.165) is 11.5 Å². The maximum Gasteiger partial charge on any atom is 0.202 e. The van der Waals surface area contributed by atoms with Crippen LogP contribution in [0.1, 0.15) is 79.6 Å². The molecule has 3 rings (SSSR count). The third kappa shape index (κ3) is 3.27. The largest absolute Gasteiger partial charge is 0.283 e. The van der Waals surface area contributed by atoms with Crippen molar-refractivity contribution in [3.05, 3.63) is 35.4 Å². The Labute approximate surface area is 137 Å². The Bertz CT molecular complexity index is 505. The van der Waals surface area contributed by atoms with E-state index in [1.54, 1.807) is 0 Å². The van der Waals surface area contributed by atoms with E-state index in [1.165, 1.54) is 63.4 Å². The highest BCUT2D eigenvalue weighted by atomic mass is 32.3. The number of rotatable bonds is 3. The first kappa shape index (κ1) is 16.1. The highest BCUT2D eigenvalue weighted by molar-refractivity contribution is 8.45. The van der Waals surface area contributed by atoms with Crippen LogP contribution in [-0.4, -0.2) is 22.9 Å². The van der Waals surface area contributed by atoms with Crippen LogP contribution in [0.5, 0.6) is 0 Å². The monoisotopic (exact) mass is 318 g/mol. The summed E-state index contributed by atoms with van der Waals surface area (Å²) in [5.74, 6) is 0.730. The van der Waals surface area contributed by atoms with Crippen molar-refractivity contribution in [2.24, 2.45) is 0 Å². The normalized spacial score (nSPS) is 21.9. The fourth-order valence-electron chi connectivity index (χ4n) is 4.26. The van der Waals surface area contributed by atoms with Gasteiger partial charge in [0.25, 0.3) is 0 Å². The van der Waals surface area contributed by atoms with E-state index in [-0.39, 0.29) is 0 Å². The summed E-state index contributed by atoms with van der Waals surface area (Å²) in [5.41, 5.74) is 2.40. The molecule has 2 fully saturated rings. The maximum absolute atomic E-state index is 13.0. The molecule has 122 valence electrons. The molecule has 0 N–H and O–H groups in total. The van der Waals surface area contributed by atoms with E-state index >= 15 is 0 Å². The lowest BCUT2D eigenvalue weighted by Gasteiger charge is -2.36. The van der Waals surface area contributed by atoms with E-state index in [1.807, 2.05) is 0 Å². The van der Waals surface area contributed by atoms with Crippen LogP contribution in [-0.2, 0) is 0 Å². The van der Waals surface area contributed by atoms with Crippen molar-refractivity contribution in [3.63, 3.8) is 0 Å². The summed E-state index contributed by atoms with van der Waals surface area (Å²) >= 11 is 0. The predicted octanol–water partition coefficient (Wildman–Crippen LogP) is 5.88. The van der Waals surface area contributed by atoms with Gasteiger partial charge >= 0.3 is 0 Å². The van der Waals surface area contributed by atoms with E-state index in [0.29, 0.717) is 10.4 Å². The number of hydrogen-bond donors (Lipinski definition) is 0. The summed E-state index contributed by atoms with van der Waals surface area (Å²) in [6.45, 7) is 0. The first-order valence-corrected chi connectivity index (χ1v) is 11.5. The van der Waals surface area contributed by atoms with Gasteiger partial charge in [-0.1, -0.05) is 56.4 Å². The molecule has 0 heterocycles. The van der Waals surface area contributed by atoms with Gasteiger partial charge in [0.1, 0.15) is 0 Å². The molecule has 0 aromatic heterocycles. The molecule has 2 aliphatic rings. The summed E-state index contributed by atoms with van der Waals surface area (Å²) in [5, 5.41) is 1.08. The lowest BCUT2D eigenvalue weighted by molar-refractivity contribution is 0.108. The minimum absolute atomic E-state index is 0.426. The summed E-state index contributed by atoms with van der Waals surface area (Å²) in [7, 11) is -1.17. The van der Waals surface area contributed by atoms with Gasteiger partial charge in [-0.2, -0.15) is 10.0 Å². The molecule has 0 atom stereocenters. The van der Waals surface area contributed by atoms with Gasteiger partial charge in [0, 0.05) is 5.56 Å². The molecule has 0 radical (unpaired) electrons. The zero-order chi connectivity index (χ0) is 15.6. The third-order valence-corrected chi connectivity index (χ3v) is 9.17. The van der Waals surface area contributed by atoms with Crippen LogP contribution in [0.2, 0.25) is 0 Å². The summed E-state index contributed by atoms with van der Waals surface area (Å²) < 4.78 is 0. The van der Waals surface area contributed by atoms with Crippen molar-refractivity contribution in [2.45, 2.75) is 69.0 Å². The maximum atomic E-state index is 13.0. The van der Waals surface area contributed by atoms with Crippen LogP contribution in [0.25, 0.3) is 0 Å². The number of carbonyl (C=O) groups excluding carboxylic acids is 1. The molecule has 2 heteroatoms. The van der Waals surface area contributed by atoms with Crippen LogP contribution < -0.4 is 0 Å². The molecule has 0 bridgehead atoms. The second-order valence-electron chi connectivity index (χ2n) is 7.56. The Hall–Kier alpha value is -0.760. The molecule has 0 aliphatic heterocycles. The van der Waals surface area contributed by atoms with Crippen molar-refractivity contribution in [2.75, 3.05) is 12.5 Å². The molecule has 0 saturated heterocycles. The lowest BCUT2D eigenvalue weighted by Crippen LogP contribution is -2.21. The van der Waals surface area contributed by atoms with Gasteiger partial charge in [-0.05, 0) is 54.9 Å². The van der Waals surface area contributed by atoms with Crippen LogP contribution >= 0.6 is 10.0 Å². The molecule has 0 spiro atoms. The smallest absolute Gasteiger partial charge is 0.202 e. The minimum atomic E-state index is -1.17. The lowest BCUT2D eigenvalue weighted by atomic mass is 9.84. The average Bonchev–Trinajstić information content (AvgIpc) is 3.10. The highest BCUT2D eigenvalue weighted by Crippen LogP contribution is 2.54.